The smallest absolute Gasteiger partial charge is 0.429 e. The third kappa shape index (κ3) is 6.41. The van der Waals surface area contributed by atoms with Crippen LogP contribution in [0.4, 0.5) is 28.8 Å². The van der Waals surface area contributed by atoms with Crippen LogP contribution < -0.4 is 10.7 Å². The predicted octanol–water partition coefficient (Wildman–Crippen LogP) is 4.02. The average molecular weight is 416 g/mol. The largest absolute Gasteiger partial charge is 0.437 e. The Kier molecular flexibility index (Phi) is 7.61. The van der Waals surface area contributed by atoms with E-state index in [9.17, 15) is 22.8 Å². The van der Waals surface area contributed by atoms with Crippen molar-refractivity contribution in [3.05, 3.63) is 41.4 Å². The molecule has 1 amide bonds. The van der Waals surface area contributed by atoms with E-state index in [1.165, 1.54) is 36.5 Å². The summed E-state index contributed by atoms with van der Waals surface area (Å²) in [6.07, 6.45) is -4.13. The average Bonchev–Trinajstić information content (AvgIpc) is 3.17. The van der Waals surface area contributed by atoms with E-state index in [0.29, 0.717) is 24.4 Å². The van der Waals surface area contributed by atoms with Crippen LogP contribution in [0.2, 0.25) is 0 Å². The first kappa shape index (κ1) is 21.5. The molecule has 0 spiro atoms. The van der Waals surface area contributed by atoms with Crippen molar-refractivity contribution in [1.29, 1.82) is 0 Å². The van der Waals surface area contributed by atoms with E-state index in [1.54, 1.807) is 11.6 Å². The normalized spacial score (nSPS) is 12.1. The molecule has 2 aromatic rings. The summed E-state index contributed by atoms with van der Waals surface area (Å²) in [5.74, 6) is 0. The lowest BCUT2D eigenvalue weighted by Gasteiger charge is -2.26. The van der Waals surface area contributed by atoms with Crippen LogP contribution in [0, 0.1) is 0 Å². The van der Waals surface area contributed by atoms with Gasteiger partial charge in [-0.25, -0.2) is 14.8 Å². The number of alkyl halides is 3. The van der Waals surface area contributed by atoms with Gasteiger partial charge in [-0.1, -0.05) is 12.1 Å². The Morgan fingerprint density at radius 3 is 2.79 bits per heavy atom. The van der Waals surface area contributed by atoms with Gasteiger partial charge in [-0.2, -0.15) is 13.2 Å². The number of carbonyl (C=O) groups excluding carboxylic acids is 2. The lowest BCUT2D eigenvalue weighted by Crippen LogP contribution is -2.40. The zero-order valence-corrected chi connectivity index (χ0v) is 15.7. The number of carbonyl (C=O) groups is 2. The summed E-state index contributed by atoms with van der Waals surface area (Å²) in [6, 6.07) is 4.78. The molecule has 1 atom stereocenters. The Bertz CT molecular complexity index is 771. The predicted molar refractivity (Wildman–Crippen MR) is 99.0 cm³/mol. The third-order valence-corrected chi connectivity index (χ3v) is 4.18. The molecule has 11 heteroatoms. The molecule has 0 aliphatic rings. The number of hydrazine groups is 1. The second-order valence-corrected chi connectivity index (χ2v) is 6.54. The summed E-state index contributed by atoms with van der Waals surface area (Å²) in [5.41, 5.74) is 1.25. The molecule has 2 rings (SSSR count). The summed E-state index contributed by atoms with van der Waals surface area (Å²) in [5, 5.41) is 6.43. The van der Waals surface area contributed by atoms with Gasteiger partial charge in [-0.05, 0) is 25.5 Å². The van der Waals surface area contributed by atoms with Gasteiger partial charge in [-0.3, -0.25) is 10.2 Å². The van der Waals surface area contributed by atoms with Crippen LogP contribution in [0.15, 0.2) is 35.8 Å². The Balaban J connectivity index is 2.07. The molecule has 0 bridgehead atoms. The number of aldehydes is 1. The number of ether oxygens (including phenoxy) is 1. The maximum Gasteiger partial charge on any atom is 0.429 e. The molecule has 28 heavy (non-hydrogen) atoms. The number of thiazole rings is 1. The highest BCUT2D eigenvalue weighted by Crippen LogP contribution is 2.34. The number of halogens is 3. The van der Waals surface area contributed by atoms with Crippen LogP contribution in [0.3, 0.4) is 0 Å². The van der Waals surface area contributed by atoms with Gasteiger partial charge in [0.15, 0.2) is 17.5 Å². The molecule has 0 saturated carbocycles. The van der Waals surface area contributed by atoms with E-state index < -0.39 is 23.9 Å². The van der Waals surface area contributed by atoms with Crippen LogP contribution in [0.1, 0.15) is 18.9 Å². The molecule has 0 saturated heterocycles. The van der Waals surface area contributed by atoms with Crippen LogP contribution in [-0.4, -0.2) is 41.6 Å². The zero-order valence-electron chi connectivity index (χ0n) is 14.9. The highest BCUT2D eigenvalue weighted by molar-refractivity contribution is 7.13. The van der Waals surface area contributed by atoms with Gasteiger partial charge >= 0.3 is 12.3 Å². The van der Waals surface area contributed by atoms with E-state index in [4.69, 9.17) is 4.74 Å². The first-order valence-electron chi connectivity index (χ1n) is 8.31. The lowest BCUT2D eigenvalue weighted by molar-refractivity contribution is -0.137. The van der Waals surface area contributed by atoms with Crippen LogP contribution >= 0.6 is 11.3 Å². The van der Waals surface area contributed by atoms with Gasteiger partial charge in [0, 0.05) is 24.7 Å². The summed E-state index contributed by atoms with van der Waals surface area (Å²) < 4.78 is 44.5. The standard InChI is InChI=1S/C17H19F3N4O3S/c1-12(11-25)27-16(26)24(9-4-7-21-15-22-8-10-28-15)23-14-6-3-2-5-13(14)17(18,19)20/h2-3,5-6,8,10-12,23H,4,7,9H2,1H3,(H,21,22). The van der Waals surface area contributed by atoms with Crippen molar-refractivity contribution in [3.8, 4) is 0 Å². The second kappa shape index (κ2) is 9.93. The summed E-state index contributed by atoms with van der Waals surface area (Å²) >= 11 is 1.40. The van der Waals surface area contributed by atoms with Crippen LogP contribution in [-0.2, 0) is 15.7 Å². The topological polar surface area (TPSA) is 83.6 Å². The summed E-state index contributed by atoms with van der Waals surface area (Å²) in [7, 11) is 0. The SMILES string of the molecule is CC(C=O)OC(=O)N(CCCNc1nccs1)Nc1ccccc1C(F)(F)F. The zero-order chi connectivity index (χ0) is 20.6. The Labute approximate surface area is 163 Å². The quantitative estimate of drug-likeness (QED) is 0.365. The molecule has 1 aromatic heterocycles. The van der Waals surface area contributed by atoms with E-state index in [0.717, 1.165) is 11.1 Å². The first-order chi connectivity index (χ1) is 13.3. The van der Waals surface area contributed by atoms with Gasteiger partial charge in [0.25, 0.3) is 0 Å². The molecule has 0 fully saturated rings. The minimum atomic E-state index is -4.60. The third-order valence-electron chi connectivity index (χ3n) is 3.45. The molecular formula is C17H19F3N4O3S. The number of aromatic nitrogens is 1. The monoisotopic (exact) mass is 416 g/mol. The van der Waals surface area contributed by atoms with Crippen LogP contribution in [0.25, 0.3) is 0 Å². The van der Waals surface area contributed by atoms with Gasteiger partial charge in [0.2, 0.25) is 0 Å². The second-order valence-electron chi connectivity index (χ2n) is 5.65. The minimum absolute atomic E-state index is 0.0367. The molecule has 1 aromatic carbocycles. The number of nitrogens with one attached hydrogen (secondary N) is 2. The Morgan fingerprint density at radius 1 is 1.39 bits per heavy atom. The lowest BCUT2D eigenvalue weighted by atomic mass is 10.2. The molecule has 0 aliphatic heterocycles. The van der Waals surface area contributed by atoms with Crippen molar-refractivity contribution in [2.24, 2.45) is 0 Å². The van der Waals surface area contributed by atoms with Crippen molar-refractivity contribution < 1.29 is 27.5 Å². The van der Waals surface area contributed by atoms with E-state index in [2.05, 4.69) is 15.7 Å². The molecule has 7 nitrogen and oxygen atoms in total. The number of para-hydroxylation sites is 1. The molecular weight excluding hydrogens is 397 g/mol. The van der Waals surface area contributed by atoms with Crippen LogP contribution in [0.5, 0.6) is 0 Å². The van der Waals surface area contributed by atoms with Gasteiger partial charge in [-0.15, -0.1) is 11.3 Å². The van der Waals surface area contributed by atoms with E-state index in [1.807, 2.05) is 0 Å². The summed E-state index contributed by atoms with van der Waals surface area (Å²) in [6.45, 7) is 1.83. The highest BCUT2D eigenvalue weighted by atomic mass is 32.1. The molecule has 2 N–H and O–H groups in total. The Morgan fingerprint density at radius 2 is 2.14 bits per heavy atom. The van der Waals surface area contributed by atoms with Crippen molar-refractivity contribution in [2.45, 2.75) is 25.6 Å². The van der Waals surface area contributed by atoms with Gasteiger partial charge in [0.05, 0.1) is 11.3 Å². The van der Waals surface area contributed by atoms with Crippen molar-refractivity contribution >= 4 is 34.5 Å². The van der Waals surface area contributed by atoms with Gasteiger partial charge < -0.3 is 10.1 Å². The van der Waals surface area contributed by atoms with Crippen molar-refractivity contribution in [2.75, 3.05) is 23.8 Å². The van der Waals surface area contributed by atoms with Gasteiger partial charge in [0.1, 0.15) is 0 Å². The number of hydrogen-bond acceptors (Lipinski definition) is 7. The molecule has 1 heterocycles. The van der Waals surface area contributed by atoms with E-state index in [-0.39, 0.29) is 12.2 Å². The number of amides is 1. The number of anilines is 2. The number of hydrogen-bond donors (Lipinski definition) is 2. The maximum atomic E-state index is 13.2. The number of benzene rings is 1. The fourth-order valence-corrected chi connectivity index (χ4v) is 2.72. The van der Waals surface area contributed by atoms with E-state index >= 15 is 0 Å². The Hall–Kier alpha value is -2.82. The molecule has 0 aliphatic carbocycles. The summed E-state index contributed by atoms with van der Waals surface area (Å²) in [4.78, 5) is 27.0. The number of rotatable bonds is 9. The molecule has 0 radical (unpaired) electrons. The fraction of sp³-hybridized carbons (Fsp3) is 0.353. The molecule has 152 valence electrons. The van der Waals surface area contributed by atoms with Crippen molar-refractivity contribution in [1.82, 2.24) is 9.99 Å². The maximum absolute atomic E-state index is 13.2. The highest BCUT2D eigenvalue weighted by Gasteiger charge is 2.34. The van der Waals surface area contributed by atoms with Crippen molar-refractivity contribution in [3.63, 3.8) is 0 Å². The number of nitrogens with zero attached hydrogens (tertiary/aromatic N) is 2. The molecule has 1 unspecified atom stereocenters. The minimum Gasteiger partial charge on any atom is -0.437 e. The fourth-order valence-electron chi connectivity index (χ4n) is 2.16. The first-order valence-corrected chi connectivity index (χ1v) is 9.19.